The second-order valence-electron chi connectivity index (χ2n) is 5.57. The predicted octanol–water partition coefficient (Wildman–Crippen LogP) is 1.31. The van der Waals surface area contributed by atoms with Crippen molar-refractivity contribution in [1.29, 1.82) is 0 Å². The third-order valence-electron chi connectivity index (χ3n) is 3.67. The minimum atomic E-state index is -0.479. The number of nitrogens with one attached hydrogen (secondary N) is 2. The van der Waals surface area contributed by atoms with Crippen LogP contribution in [0, 0.1) is 12.3 Å². The van der Waals surface area contributed by atoms with Crippen LogP contribution in [0.3, 0.4) is 0 Å². The monoisotopic (exact) mass is 379 g/mol. The molecule has 0 aromatic heterocycles. The third-order valence-corrected chi connectivity index (χ3v) is 3.67. The van der Waals surface area contributed by atoms with Gasteiger partial charge in [0.25, 0.3) is 11.8 Å². The molecule has 2 aromatic carbocycles. The number of nitrogens with zero attached hydrogens (tertiary/aromatic N) is 1. The Morgan fingerprint density at radius 2 is 2.04 bits per heavy atom. The Hall–Kier alpha value is -3.99. The third kappa shape index (κ3) is 4.80. The van der Waals surface area contributed by atoms with E-state index in [2.05, 4.69) is 21.8 Å². The number of amides is 2. The van der Waals surface area contributed by atoms with Gasteiger partial charge in [0.05, 0.1) is 12.8 Å². The first kappa shape index (κ1) is 18.8. The molecule has 8 heteroatoms. The van der Waals surface area contributed by atoms with E-state index in [-0.39, 0.29) is 19.9 Å². The molecule has 0 aliphatic carbocycles. The predicted molar refractivity (Wildman–Crippen MR) is 101 cm³/mol. The van der Waals surface area contributed by atoms with Gasteiger partial charge >= 0.3 is 0 Å². The van der Waals surface area contributed by atoms with Crippen molar-refractivity contribution in [3.05, 3.63) is 53.6 Å². The van der Waals surface area contributed by atoms with Crippen LogP contribution in [-0.4, -0.2) is 38.0 Å². The topological polar surface area (TPSA) is 98.2 Å². The van der Waals surface area contributed by atoms with Crippen molar-refractivity contribution in [1.82, 2.24) is 10.7 Å². The van der Waals surface area contributed by atoms with Gasteiger partial charge in [-0.3, -0.25) is 9.59 Å². The number of fused-ring (bicyclic) bond motifs is 1. The first-order valence-electron chi connectivity index (χ1n) is 8.32. The van der Waals surface area contributed by atoms with E-state index in [1.165, 1.54) is 6.21 Å². The van der Waals surface area contributed by atoms with Gasteiger partial charge in [-0.2, -0.15) is 5.10 Å². The van der Waals surface area contributed by atoms with Crippen LogP contribution in [0.25, 0.3) is 0 Å². The van der Waals surface area contributed by atoms with E-state index < -0.39 is 11.8 Å². The van der Waals surface area contributed by atoms with Crippen LogP contribution in [0.2, 0.25) is 0 Å². The van der Waals surface area contributed by atoms with Crippen LogP contribution < -0.4 is 25.0 Å². The first-order chi connectivity index (χ1) is 13.7. The largest absolute Gasteiger partial charge is 0.480 e. The molecule has 142 valence electrons. The summed E-state index contributed by atoms with van der Waals surface area (Å²) >= 11 is 0. The minimum absolute atomic E-state index is 0.123. The van der Waals surface area contributed by atoms with E-state index in [4.69, 9.17) is 20.6 Å². The van der Waals surface area contributed by atoms with Crippen molar-refractivity contribution in [2.75, 3.05) is 19.9 Å². The maximum absolute atomic E-state index is 12.1. The fourth-order valence-corrected chi connectivity index (χ4v) is 2.35. The zero-order valence-electron chi connectivity index (χ0n) is 14.8. The van der Waals surface area contributed by atoms with E-state index in [1.807, 2.05) is 0 Å². The fourth-order valence-electron chi connectivity index (χ4n) is 2.35. The van der Waals surface area contributed by atoms with Gasteiger partial charge in [0, 0.05) is 11.1 Å². The number of para-hydroxylation sites is 1. The summed E-state index contributed by atoms with van der Waals surface area (Å²) in [5, 5.41) is 6.37. The Bertz CT molecular complexity index is 949. The molecule has 1 heterocycles. The quantitative estimate of drug-likeness (QED) is 0.429. The van der Waals surface area contributed by atoms with Crippen molar-refractivity contribution >= 4 is 18.0 Å². The second kappa shape index (κ2) is 9.09. The molecule has 0 radical (unpaired) electrons. The number of hydrogen-bond donors (Lipinski definition) is 2. The summed E-state index contributed by atoms with van der Waals surface area (Å²) in [6.07, 6.45) is 6.61. The molecule has 1 aliphatic rings. The van der Waals surface area contributed by atoms with E-state index in [0.717, 1.165) is 0 Å². The molecular formula is C20H17N3O5. The molecular weight excluding hydrogens is 362 g/mol. The summed E-state index contributed by atoms with van der Waals surface area (Å²) in [5.74, 6) is 3.11. The lowest BCUT2D eigenvalue weighted by Gasteiger charge is -2.06. The highest BCUT2D eigenvalue weighted by molar-refractivity contribution is 5.97. The Morgan fingerprint density at radius 1 is 1.21 bits per heavy atom. The lowest BCUT2D eigenvalue weighted by Crippen LogP contribution is -2.34. The summed E-state index contributed by atoms with van der Waals surface area (Å²) in [6, 6.07) is 11.9. The summed E-state index contributed by atoms with van der Waals surface area (Å²) in [4.78, 5) is 24.0. The van der Waals surface area contributed by atoms with Crippen LogP contribution in [-0.2, 0) is 4.79 Å². The number of hydrazone groups is 1. The molecule has 0 spiro atoms. The zero-order valence-corrected chi connectivity index (χ0v) is 14.8. The number of rotatable bonds is 7. The lowest BCUT2D eigenvalue weighted by atomic mass is 10.2. The first-order valence-corrected chi connectivity index (χ1v) is 8.32. The number of hydrogen-bond acceptors (Lipinski definition) is 6. The second-order valence-corrected chi connectivity index (χ2v) is 5.57. The SMILES string of the molecule is C#CCOc1ccccc1/C=N\NC(=O)CNC(=O)c1ccc2c(c1)OCO2. The van der Waals surface area contributed by atoms with Crippen molar-refractivity contribution in [3.8, 4) is 29.6 Å². The fraction of sp³-hybridized carbons (Fsp3) is 0.150. The van der Waals surface area contributed by atoms with Crippen LogP contribution in [0.4, 0.5) is 0 Å². The maximum atomic E-state index is 12.1. The normalized spacial score (nSPS) is 11.7. The molecule has 0 bridgehead atoms. The average molecular weight is 379 g/mol. The van der Waals surface area contributed by atoms with Gasteiger partial charge in [-0.25, -0.2) is 5.43 Å². The number of carbonyl (C=O) groups is 2. The molecule has 0 atom stereocenters. The van der Waals surface area contributed by atoms with Gasteiger partial charge in [-0.1, -0.05) is 18.1 Å². The van der Waals surface area contributed by atoms with E-state index in [1.54, 1.807) is 42.5 Å². The van der Waals surface area contributed by atoms with Gasteiger partial charge < -0.3 is 19.5 Å². The van der Waals surface area contributed by atoms with Crippen LogP contribution in [0.5, 0.6) is 17.2 Å². The number of carbonyl (C=O) groups excluding carboxylic acids is 2. The van der Waals surface area contributed by atoms with Gasteiger partial charge in [0.1, 0.15) is 12.4 Å². The van der Waals surface area contributed by atoms with Gasteiger partial charge in [-0.15, -0.1) is 6.42 Å². The van der Waals surface area contributed by atoms with Crippen molar-refractivity contribution < 1.29 is 23.8 Å². The van der Waals surface area contributed by atoms with Crippen molar-refractivity contribution in [2.24, 2.45) is 5.10 Å². The molecule has 2 aromatic rings. The van der Waals surface area contributed by atoms with Gasteiger partial charge in [-0.05, 0) is 30.3 Å². The zero-order chi connectivity index (χ0) is 19.8. The Morgan fingerprint density at radius 3 is 2.89 bits per heavy atom. The summed E-state index contributed by atoms with van der Waals surface area (Å²) < 4.78 is 15.8. The molecule has 0 unspecified atom stereocenters. The maximum Gasteiger partial charge on any atom is 0.259 e. The Kier molecular flexibility index (Phi) is 6.10. The smallest absolute Gasteiger partial charge is 0.259 e. The van der Waals surface area contributed by atoms with Crippen LogP contribution >= 0.6 is 0 Å². The number of ether oxygens (including phenoxy) is 3. The Labute approximate surface area is 161 Å². The highest BCUT2D eigenvalue weighted by atomic mass is 16.7. The summed E-state index contributed by atoms with van der Waals surface area (Å²) in [5.41, 5.74) is 3.35. The van der Waals surface area contributed by atoms with Gasteiger partial charge in [0.15, 0.2) is 11.5 Å². The van der Waals surface area contributed by atoms with Crippen LogP contribution in [0.1, 0.15) is 15.9 Å². The Balaban J connectivity index is 1.49. The van der Waals surface area contributed by atoms with Gasteiger partial charge in [0.2, 0.25) is 6.79 Å². The molecule has 0 saturated carbocycles. The number of terminal acetylenes is 1. The standard InChI is InChI=1S/C20H17N3O5/c1-2-9-26-16-6-4-3-5-15(16)11-22-23-19(24)12-21-20(25)14-7-8-17-18(10-14)28-13-27-17/h1,3-8,10-11H,9,12-13H2,(H,21,25)(H,23,24)/b22-11-. The van der Waals surface area contributed by atoms with E-state index >= 15 is 0 Å². The van der Waals surface area contributed by atoms with Crippen LogP contribution in [0.15, 0.2) is 47.6 Å². The highest BCUT2D eigenvalue weighted by Gasteiger charge is 2.16. The minimum Gasteiger partial charge on any atom is -0.480 e. The molecule has 28 heavy (non-hydrogen) atoms. The average Bonchev–Trinajstić information content (AvgIpc) is 3.19. The number of benzene rings is 2. The summed E-state index contributed by atoms with van der Waals surface area (Å²) in [7, 11) is 0. The molecule has 2 amide bonds. The molecule has 8 nitrogen and oxygen atoms in total. The van der Waals surface area contributed by atoms with E-state index in [0.29, 0.717) is 28.4 Å². The molecule has 2 N–H and O–H groups in total. The molecule has 3 rings (SSSR count). The highest BCUT2D eigenvalue weighted by Crippen LogP contribution is 2.32. The lowest BCUT2D eigenvalue weighted by molar-refractivity contribution is -0.120. The van der Waals surface area contributed by atoms with Crippen molar-refractivity contribution in [3.63, 3.8) is 0 Å². The van der Waals surface area contributed by atoms with E-state index in [9.17, 15) is 9.59 Å². The molecule has 1 aliphatic heterocycles. The summed E-state index contributed by atoms with van der Waals surface area (Å²) in [6.45, 7) is 0.0146. The molecule has 0 saturated heterocycles. The molecule has 0 fully saturated rings. The van der Waals surface area contributed by atoms with Crippen molar-refractivity contribution in [2.45, 2.75) is 0 Å².